The number of rotatable bonds is 6. The van der Waals surface area contributed by atoms with E-state index < -0.39 is 0 Å². The predicted octanol–water partition coefficient (Wildman–Crippen LogP) is 2.17. The number of hydrogen-bond acceptors (Lipinski definition) is 3. The van der Waals surface area contributed by atoms with E-state index in [1.807, 2.05) is 24.3 Å². The van der Waals surface area contributed by atoms with E-state index in [1.54, 1.807) is 6.21 Å². The molecule has 0 spiro atoms. The van der Waals surface area contributed by atoms with E-state index in [0.29, 0.717) is 6.61 Å². The summed E-state index contributed by atoms with van der Waals surface area (Å²) < 4.78 is 5.67. The third-order valence-electron chi connectivity index (χ3n) is 2.45. The van der Waals surface area contributed by atoms with Crippen LogP contribution in [0.15, 0.2) is 29.4 Å². The Labute approximate surface area is 113 Å². The number of thiocarbonyl (C=S) groups is 1. The van der Waals surface area contributed by atoms with Crippen LogP contribution in [0.4, 0.5) is 0 Å². The fraction of sp³-hybridized carbons (Fsp3) is 0.385. The Morgan fingerprint density at radius 3 is 3.06 bits per heavy atom. The van der Waals surface area contributed by atoms with E-state index in [4.69, 9.17) is 10.5 Å². The Kier molecular flexibility index (Phi) is 6.32. The van der Waals surface area contributed by atoms with Crippen molar-refractivity contribution in [1.82, 2.24) is 5.43 Å². The van der Waals surface area contributed by atoms with Gasteiger partial charge < -0.3 is 10.5 Å². The number of nitrogens with zero attached hydrogens (tertiary/aromatic N) is 1. The zero-order valence-corrected chi connectivity index (χ0v) is 11.5. The van der Waals surface area contributed by atoms with E-state index in [9.17, 15) is 0 Å². The Morgan fingerprint density at radius 2 is 2.39 bits per heavy atom. The van der Waals surface area contributed by atoms with E-state index in [1.165, 1.54) is 0 Å². The molecule has 0 radical (unpaired) electrons. The van der Waals surface area contributed by atoms with Crippen molar-refractivity contribution in [3.63, 3.8) is 0 Å². The number of ether oxygens (including phenoxy) is 1. The summed E-state index contributed by atoms with van der Waals surface area (Å²) in [5.41, 5.74) is 9.89. The maximum Gasteiger partial charge on any atom is 0.184 e. The van der Waals surface area contributed by atoms with E-state index in [0.717, 1.165) is 17.5 Å². The predicted molar refractivity (Wildman–Crippen MR) is 78.5 cm³/mol. The molecule has 1 unspecified atom stereocenters. The summed E-state index contributed by atoms with van der Waals surface area (Å²) in [4.78, 5) is 0. The molecule has 0 saturated carbocycles. The highest BCUT2D eigenvalue weighted by Crippen LogP contribution is 2.07. The first kappa shape index (κ1) is 14.6. The van der Waals surface area contributed by atoms with Crippen molar-refractivity contribution < 1.29 is 4.74 Å². The normalized spacial score (nSPS) is 12.6. The first-order chi connectivity index (χ1) is 8.61. The van der Waals surface area contributed by atoms with Crippen LogP contribution in [0, 0.1) is 0 Å². The summed E-state index contributed by atoms with van der Waals surface area (Å²) in [7, 11) is 0. The second-order valence-corrected chi connectivity index (χ2v) is 4.45. The van der Waals surface area contributed by atoms with Crippen molar-refractivity contribution in [1.29, 1.82) is 0 Å². The van der Waals surface area contributed by atoms with Gasteiger partial charge in [-0.1, -0.05) is 25.1 Å². The molecule has 0 aliphatic carbocycles. The van der Waals surface area contributed by atoms with Crippen LogP contribution in [0.2, 0.25) is 0 Å². The smallest absolute Gasteiger partial charge is 0.184 e. The van der Waals surface area contributed by atoms with Crippen LogP contribution < -0.4 is 11.2 Å². The molecule has 0 aliphatic rings. The highest BCUT2D eigenvalue weighted by molar-refractivity contribution is 7.80. The largest absolute Gasteiger partial charge is 0.375 e. The van der Waals surface area contributed by atoms with Crippen LogP contribution in [-0.2, 0) is 11.3 Å². The molecule has 3 N–H and O–H groups in total. The molecule has 0 aromatic heterocycles. The molecule has 18 heavy (non-hydrogen) atoms. The Morgan fingerprint density at radius 1 is 1.61 bits per heavy atom. The molecule has 1 aromatic rings. The average molecular weight is 265 g/mol. The fourth-order valence-electron chi connectivity index (χ4n) is 1.29. The van der Waals surface area contributed by atoms with Gasteiger partial charge in [-0.3, -0.25) is 5.43 Å². The summed E-state index contributed by atoms with van der Waals surface area (Å²) in [5.74, 6) is 0. The molecule has 0 bridgehead atoms. The Balaban J connectivity index is 2.56. The lowest BCUT2D eigenvalue weighted by Gasteiger charge is -2.10. The van der Waals surface area contributed by atoms with Gasteiger partial charge in [0.2, 0.25) is 0 Å². The van der Waals surface area contributed by atoms with Gasteiger partial charge in [-0.15, -0.1) is 0 Å². The third kappa shape index (κ3) is 5.75. The van der Waals surface area contributed by atoms with Crippen LogP contribution in [0.1, 0.15) is 31.4 Å². The van der Waals surface area contributed by atoms with Crippen molar-refractivity contribution in [3.05, 3.63) is 35.4 Å². The summed E-state index contributed by atoms with van der Waals surface area (Å²) >= 11 is 4.65. The average Bonchev–Trinajstić information content (AvgIpc) is 2.36. The summed E-state index contributed by atoms with van der Waals surface area (Å²) in [6.07, 6.45) is 2.96. The zero-order chi connectivity index (χ0) is 13.4. The van der Waals surface area contributed by atoms with E-state index in [2.05, 4.69) is 36.6 Å². The standard InChI is InChI=1S/C13H19N3OS/c1-3-10(2)17-9-12-6-4-5-11(7-12)8-15-16-13(14)18/h4-8,10H,3,9H2,1-2H3,(H3,14,16,18). The Hall–Kier alpha value is -1.46. The second kappa shape index (κ2) is 7.79. The lowest BCUT2D eigenvalue weighted by Crippen LogP contribution is -2.23. The lowest BCUT2D eigenvalue weighted by molar-refractivity contribution is 0.0508. The van der Waals surface area contributed by atoms with Crippen molar-refractivity contribution in [3.8, 4) is 0 Å². The minimum Gasteiger partial charge on any atom is -0.375 e. The SMILES string of the molecule is CCC(C)OCc1cccc(C=NNC(N)=S)c1. The van der Waals surface area contributed by atoms with Gasteiger partial charge in [0.05, 0.1) is 18.9 Å². The molecule has 1 aromatic carbocycles. The minimum absolute atomic E-state index is 0.155. The summed E-state index contributed by atoms with van der Waals surface area (Å²) in [6.45, 7) is 4.78. The molecule has 98 valence electrons. The van der Waals surface area contributed by atoms with Gasteiger partial charge in [-0.05, 0) is 42.8 Å². The Bertz CT molecular complexity index is 420. The maximum absolute atomic E-state index is 5.67. The highest BCUT2D eigenvalue weighted by Gasteiger charge is 1.99. The quantitative estimate of drug-likeness (QED) is 0.470. The highest BCUT2D eigenvalue weighted by atomic mass is 32.1. The number of benzene rings is 1. The van der Waals surface area contributed by atoms with Crippen molar-refractivity contribution in [2.45, 2.75) is 33.0 Å². The van der Waals surface area contributed by atoms with Crippen molar-refractivity contribution in [2.75, 3.05) is 0 Å². The monoisotopic (exact) mass is 265 g/mol. The molecular formula is C13H19N3OS. The molecule has 5 heteroatoms. The number of hydrogen-bond donors (Lipinski definition) is 2. The van der Waals surface area contributed by atoms with Gasteiger partial charge in [-0.2, -0.15) is 5.10 Å². The second-order valence-electron chi connectivity index (χ2n) is 4.01. The van der Waals surface area contributed by atoms with Gasteiger partial charge in [-0.25, -0.2) is 0 Å². The zero-order valence-electron chi connectivity index (χ0n) is 10.7. The molecule has 0 heterocycles. The molecule has 1 rings (SSSR count). The first-order valence-corrected chi connectivity index (χ1v) is 6.31. The van der Waals surface area contributed by atoms with Gasteiger partial charge >= 0.3 is 0 Å². The van der Waals surface area contributed by atoms with Gasteiger partial charge in [0, 0.05) is 0 Å². The maximum atomic E-state index is 5.67. The topological polar surface area (TPSA) is 59.6 Å². The molecule has 0 aliphatic heterocycles. The summed E-state index contributed by atoms with van der Waals surface area (Å²) in [6, 6.07) is 7.97. The van der Waals surface area contributed by atoms with Crippen LogP contribution in [0.25, 0.3) is 0 Å². The van der Waals surface area contributed by atoms with E-state index in [-0.39, 0.29) is 11.2 Å². The van der Waals surface area contributed by atoms with Crippen molar-refractivity contribution in [2.24, 2.45) is 10.8 Å². The van der Waals surface area contributed by atoms with Gasteiger partial charge in [0.1, 0.15) is 0 Å². The first-order valence-electron chi connectivity index (χ1n) is 5.91. The fourth-order valence-corrected chi connectivity index (χ4v) is 1.34. The van der Waals surface area contributed by atoms with Crippen LogP contribution in [0.5, 0.6) is 0 Å². The van der Waals surface area contributed by atoms with Crippen LogP contribution in [-0.4, -0.2) is 17.4 Å². The number of nitrogens with one attached hydrogen (secondary N) is 1. The van der Waals surface area contributed by atoms with E-state index >= 15 is 0 Å². The van der Waals surface area contributed by atoms with Gasteiger partial charge in [0.15, 0.2) is 5.11 Å². The van der Waals surface area contributed by atoms with Crippen LogP contribution >= 0.6 is 12.2 Å². The molecule has 0 fully saturated rings. The summed E-state index contributed by atoms with van der Waals surface area (Å²) in [5, 5.41) is 4.07. The number of hydrazone groups is 1. The van der Waals surface area contributed by atoms with Crippen molar-refractivity contribution >= 4 is 23.5 Å². The minimum atomic E-state index is 0.155. The van der Waals surface area contributed by atoms with Crippen LogP contribution in [0.3, 0.4) is 0 Å². The lowest BCUT2D eigenvalue weighted by atomic mass is 10.1. The van der Waals surface area contributed by atoms with Gasteiger partial charge in [0.25, 0.3) is 0 Å². The molecule has 1 atom stereocenters. The molecule has 4 nitrogen and oxygen atoms in total. The molecule has 0 saturated heterocycles. The third-order valence-corrected chi connectivity index (χ3v) is 2.54. The number of nitrogens with two attached hydrogens (primary N) is 1. The molecular weight excluding hydrogens is 246 g/mol. The molecule has 0 amide bonds.